The van der Waals surface area contributed by atoms with E-state index in [1.807, 2.05) is 0 Å². The minimum atomic E-state index is 0.270. The third-order valence-corrected chi connectivity index (χ3v) is 3.79. The van der Waals surface area contributed by atoms with E-state index in [1.165, 1.54) is 11.1 Å². The van der Waals surface area contributed by atoms with Gasteiger partial charge >= 0.3 is 0 Å². The highest BCUT2D eigenvalue weighted by Gasteiger charge is 2.20. The lowest BCUT2D eigenvalue weighted by atomic mass is 9.99. The molecule has 1 unspecified atom stereocenters. The lowest BCUT2D eigenvalue weighted by Gasteiger charge is -2.20. The molecule has 3 nitrogen and oxygen atoms in total. The molecule has 18 heavy (non-hydrogen) atoms. The van der Waals surface area contributed by atoms with E-state index >= 15 is 0 Å². The van der Waals surface area contributed by atoms with Crippen LogP contribution in [0.15, 0.2) is 30.5 Å². The molecular formula is C15H18N2O. The van der Waals surface area contributed by atoms with Gasteiger partial charge in [0, 0.05) is 31.3 Å². The Morgan fingerprint density at radius 3 is 3.00 bits per heavy atom. The first-order valence-corrected chi connectivity index (χ1v) is 6.51. The van der Waals surface area contributed by atoms with E-state index in [-0.39, 0.29) is 6.61 Å². The van der Waals surface area contributed by atoms with Crippen molar-refractivity contribution in [2.45, 2.75) is 26.3 Å². The summed E-state index contributed by atoms with van der Waals surface area (Å²) < 4.78 is 2.23. The Morgan fingerprint density at radius 1 is 1.39 bits per heavy atom. The van der Waals surface area contributed by atoms with E-state index in [9.17, 15) is 5.11 Å². The van der Waals surface area contributed by atoms with Gasteiger partial charge in [-0.3, -0.25) is 0 Å². The Kier molecular flexibility index (Phi) is 2.92. The van der Waals surface area contributed by atoms with Gasteiger partial charge in [-0.1, -0.05) is 24.3 Å². The van der Waals surface area contributed by atoms with Crippen LogP contribution in [0.25, 0.3) is 11.3 Å². The minimum Gasteiger partial charge on any atom is -0.396 e. The minimum absolute atomic E-state index is 0.270. The van der Waals surface area contributed by atoms with Gasteiger partial charge in [0.25, 0.3) is 0 Å². The Balaban J connectivity index is 1.97. The fraction of sp³-hybridized carbons (Fsp3) is 0.400. The van der Waals surface area contributed by atoms with Crippen molar-refractivity contribution in [2.75, 3.05) is 6.61 Å². The lowest BCUT2D eigenvalue weighted by molar-refractivity contribution is 0.199. The molecule has 1 aromatic carbocycles. The second kappa shape index (κ2) is 4.58. The molecule has 3 heteroatoms. The van der Waals surface area contributed by atoms with Gasteiger partial charge in [-0.15, -0.1) is 0 Å². The van der Waals surface area contributed by atoms with Crippen LogP contribution in [-0.2, 0) is 13.0 Å². The third kappa shape index (κ3) is 1.95. The summed E-state index contributed by atoms with van der Waals surface area (Å²) in [6.45, 7) is 3.36. The van der Waals surface area contributed by atoms with Crippen molar-refractivity contribution in [3.63, 3.8) is 0 Å². The van der Waals surface area contributed by atoms with E-state index < -0.39 is 0 Å². The van der Waals surface area contributed by atoms with Gasteiger partial charge in [0.1, 0.15) is 5.82 Å². The second-order valence-electron chi connectivity index (χ2n) is 5.09. The van der Waals surface area contributed by atoms with Gasteiger partial charge in [-0.2, -0.15) is 0 Å². The Labute approximate surface area is 107 Å². The summed E-state index contributed by atoms with van der Waals surface area (Å²) in [4.78, 5) is 4.73. The molecule has 1 atom stereocenters. The van der Waals surface area contributed by atoms with Crippen LogP contribution in [0, 0.1) is 12.8 Å². The highest BCUT2D eigenvalue weighted by molar-refractivity contribution is 5.62. The van der Waals surface area contributed by atoms with Crippen molar-refractivity contribution in [3.05, 3.63) is 41.9 Å². The molecule has 0 amide bonds. The number of nitrogens with zero attached hydrogens (tertiary/aromatic N) is 2. The predicted octanol–water partition coefficient (Wildman–Crippen LogP) is 2.41. The molecule has 2 heterocycles. The fourth-order valence-electron chi connectivity index (χ4n) is 2.64. The Morgan fingerprint density at radius 2 is 2.22 bits per heavy atom. The highest BCUT2D eigenvalue weighted by Crippen LogP contribution is 2.26. The van der Waals surface area contributed by atoms with Gasteiger partial charge < -0.3 is 9.67 Å². The van der Waals surface area contributed by atoms with E-state index in [2.05, 4.69) is 42.0 Å². The van der Waals surface area contributed by atoms with Crippen molar-refractivity contribution >= 4 is 0 Å². The van der Waals surface area contributed by atoms with Gasteiger partial charge in [0.15, 0.2) is 0 Å². The summed E-state index contributed by atoms with van der Waals surface area (Å²) in [5.74, 6) is 1.49. The second-order valence-corrected chi connectivity index (χ2v) is 5.09. The van der Waals surface area contributed by atoms with Gasteiger partial charge in [0.05, 0.1) is 5.69 Å². The van der Waals surface area contributed by atoms with Crippen molar-refractivity contribution < 1.29 is 5.11 Å². The predicted molar refractivity (Wildman–Crippen MR) is 71.3 cm³/mol. The number of aromatic nitrogens is 2. The summed E-state index contributed by atoms with van der Waals surface area (Å²) in [6.07, 6.45) is 4.08. The molecule has 1 aliphatic rings. The highest BCUT2D eigenvalue weighted by atomic mass is 16.3. The topological polar surface area (TPSA) is 38.0 Å². The zero-order valence-electron chi connectivity index (χ0n) is 10.6. The molecule has 1 aliphatic heterocycles. The van der Waals surface area contributed by atoms with Gasteiger partial charge in [-0.05, 0) is 24.8 Å². The third-order valence-electron chi connectivity index (χ3n) is 3.79. The average Bonchev–Trinajstić information content (AvgIpc) is 2.81. The largest absolute Gasteiger partial charge is 0.396 e. The molecule has 0 saturated carbocycles. The molecule has 2 aromatic rings. The number of imidazole rings is 1. The molecule has 0 aliphatic carbocycles. The average molecular weight is 242 g/mol. The smallest absolute Gasteiger partial charge is 0.109 e. The Bertz CT molecular complexity index is 559. The van der Waals surface area contributed by atoms with Crippen LogP contribution in [0.1, 0.15) is 17.8 Å². The van der Waals surface area contributed by atoms with Crippen molar-refractivity contribution in [2.24, 2.45) is 5.92 Å². The van der Waals surface area contributed by atoms with Crippen molar-refractivity contribution in [3.8, 4) is 11.3 Å². The number of aryl methyl sites for hydroxylation is 2. The van der Waals surface area contributed by atoms with Gasteiger partial charge in [0.2, 0.25) is 0 Å². The zero-order chi connectivity index (χ0) is 12.5. The number of benzene rings is 1. The van der Waals surface area contributed by atoms with E-state index in [4.69, 9.17) is 4.98 Å². The van der Waals surface area contributed by atoms with Crippen LogP contribution in [0.5, 0.6) is 0 Å². The summed E-state index contributed by atoms with van der Waals surface area (Å²) in [6, 6.07) is 8.34. The number of rotatable bonds is 2. The van der Waals surface area contributed by atoms with Crippen LogP contribution in [0.4, 0.5) is 0 Å². The SMILES string of the molecule is Cc1ccccc1-c1cn2c(n1)CC(CO)CC2. The maximum Gasteiger partial charge on any atom is 0.109 e. The van der Waals surface area contributed by atoms with E-state index in [1.54, 1.807) is 0 Å². The summed E-state index contributed by atoms with van der Waals surface area (Å²) in [5.41, 5.74) is 3.52. The monoisotopic (exact) mass is 242 g/mol. The van der Waals surface area contributed by atoms with E-state index in [0.29, 0.717) is 5.92 Å². The first-order valence-electron chi connectivity index (χ1n) is 6.51. The maximum atomic E-state index is 9.25. The molecule has 0 bridgehead atoms. The first-order chi connectivity index (χ1) is 8.78. The molecule has 0 spiro atoms. The standard InChI is InChI=1S/C15H18N2O/c1-11-4-2-3-5-13(11)14-9-17-7-6-12(10-18)8-15(17)16-14/h2-5,9,12,18H,6-8,10H2,1H3. The van der Waals surface area contributed by atoms with Crippen LogP contribution in [-0.4, -0.2) is 21.3 Å². The van der Waals surface area contributed by atoms with E-state index in [0.717, 1.165) is 30.9 Å². The zero-order valence-corrected chi connectivity index (χ0v) is 10.6. The summed E-state index contributed by atoms with van der Waals surface area (Å²) in [5, 5.41) is 9.25. The van der Waals surface area contributed by atoms with Crippen LogP contribution < -0.4 is 0 Å². The van der Waals surface area contributed by atoms with Crippen molar-refractivity contribution in [1.29, 1.82) is 0 Å². The molecule has 0 radical (unpaired) electrons. The Hall–Kier alpha value is -1.61. The molecule has 0 fully saturated rings. The first kappa shape index (κ1) is 11.5. The summed E-state index contributed by atoms with van der Waals surface area (Å²) in [7, 11) is 0. The number of aliphatic hydroxyl groups is 1. The molecule has 3 rings (SSSR count). The fourth-order valence-corrected chi connectivity index (χ4v) is 2.64. The van der Waals surface area contributed by atoms with Crippen LogP contribution in [0.3, 0.4) is 0 Å². The lowest BCUT2D eigenvalue weighted by Crippen LogP contribution is -2.21. The normalized spacial score (nSPS) is 18.7. The summed E-state index contributed by atoms with van der Waals surface area (Å²) >= 11 is 0. The molecule has 0 saturated heterocycles. The van der Waals surface area contributed by atoms with Gasteiger partial charge in [-0.25, -0.2) is 4.98 Å². The number of fused-ring (bicyclic) bond motifs is 1. The van der Waals surface area contributed by atoms with Crippen molar-refractivity contribution in [1.82, 2.24) is 9.55 Å². The molecular weight excluding hydrogens is 224 g/mol. The number of hydrogen-bond acceptors (Lipinski definition) is 2. The quantitative estimate of drug-likeness (QED) is 0.878. The molecule has 1 N–H and O–H groups in total. The number of aliphatic hydroxyl groups excluding tert-OH is 1. The van der Waals surface area contributed by atoms with Crippen LogP contribution >= 0.6 is 0 Å². The van der Waals surface area contributed by atoms with Crippen LogP contribution in [0.2, 0.25) is 0 Å². The number of hydrogen-bond donors (Lipinski definition) is 1. The maximum absolute atomic E-state index is 9.25. The molecule has 94 valence electrons. The molecule has 1 aromatic heterocycles.